The molecule has 6 atom stereocenters. The predicted molar refractivity (Wildman–Crippen MR) is 126 cm³/mol. The molecule has 1 heterocycles. The molecule has 168 valence electrons. The van der Waals surface area contributed by atoms with Crippen molar-refractivity contribution in [1.82, 2.24) is 0 Å². The highest BCUT2D eigenvalue weighted by atomic mass is 33.1. The summed E-state index contributed by atoms with van der Waals surface area (Å²) in [6, 6.07) is 0. The van der Waals surface area contributed by atoms with E-state index in [9.17, 15) is 5.11 Å². The summed E-state index contributed by atoms with van der Waals surface area (Å²) in [5.41, 5.74) is 0. The topological polar surface area (TPSA) is 38.7 Å². The Bertz CT molecular complexity index is 377. The summed E-state index contributed by atoms with van der Waals surface area (Å²) in [6.07, 6.45) is 12.8. The van der Waals surface area contributed by atoms with Crippen LogP contribution in [0.4, 0.5) is 0 Å². The molecule has 0 aromatic rings. The average molecular weight is 435 g/mol. The molecule has 3 aliphatic rings. The van der Waals surface area contributed by atoms with Gasteiger partial charge in [0.05, 0.1) is 19.3 Å². The van der Waals surface area contributed by atoms with Crippen LogP contribution >= 0.6 is 23.3 Å². The van der Waals surface area contributed by atoms with Crippen molar-refractivity contribution in [3.63, 3.8) is 0 Å². The van der Waals surface area contributed by atoms with E-state index in [1.54, 1.807) is 0 Å². The van der Waals surface area contributed by atoms with Gasteiger partial charge in [0.15, 0.2) is 6.29 Å². The zero-order chi connectivity index (χ0) is 20.9. The Kier molecular flexibility index (Phi) is 14.6. The van der Waals surface area contributed by atoms with E-state index in [4.69, 9.17) is 9.47 Å². The molecule has 0 spiro atoms. The van der Waals surface area contributed by atoms with Crippen LogP contribution in [0.5, 0.6) is 0 Å². The summed E-state index contributed by atoms with van der Waals surface area (Å²) < 4.78 is 12.0. The molecule has 0 bridgehead atoms. The number of hydrogen-bond acceptors (Lipinski definition) is 5. The van der Waals surface area contributed by atoms with Gasteiger partial charge in [-0.05, 0) is 62.7 Å². The summed E-state index contributed by atoms with van der Waals surface area (Å²) in [5, 5.41) is 10.7. The van der Waals surface area contributed by atoms with E-state index in [2.05, 4.69) is 37.2 Å². The second-order valence-corrected chi connectivity index (χ2v) is 8.83. The van der Waals surface area contributed by atoms with Gasteiger partial charge in [0.2, 0.25) is 0 Å². The summed E-state index contributed by atoms with van der Waals surface area (Å²) >= 11 is 6.44. The molecule has 0 aromatic heterocycles. The zero-order valence-corrected chi connectivity index (χ0v) is 20.5. The van der Waals surface area contributed by atoms with E-state index in [0.717, 1.165) is 19.1 Å². The second kappa shape index (κ2) is 15.4. The van der Waals surface area contributed by atoms with Crippen molar-refractivity contribution in [3.05, 3.63) is 0 Å². The van der Waals surface area contributed by atoms with Crippen LogP contribution in [0, 0.1) is 29.6 Å². The Morgan fingerprint density at radius 2 is 1.64 bits per heavy atom. The van der Waals surface area contributed by atoms with Gasteiger partial charge in [-0.25, -0.2) is 0 Å². The van der Waals surface area contributed by atoms with Crippen molar-refractivity contribution in [2.24, 2.45) is 29.6 Å². The number of hydrogen-bond donors (Lipinski definition) is 3. The molecule has 5 heteroatoms. The van der Waals surface area contributed by atoms with E-state index in [0.29, 0.717) is 23.9 Å². The lowest BCUT2D eigenvalue weighted by Crippen LogP contribution is -2.39. The molecule has 1 aliphatic heterocycles. The van der Waals surface area contributed by atoms with Crippen LogP contribution < -0.4 is 0 Å². The number of fused-ring (bicyclic) bond motifs is 1. The minimum absolute atomic E-state index is 0.221. The maximum atomic E-state index is 10.7. The van der Waals surface area contributed by atoms with Gasteiger partial charge >= 0.3 is 0 Å². The van der Waals surface area contributed by atoms with Crippen molar-refractivity contribution in [1.29, 1.82) is 0 Å². The van der Waals surface area contributed by atoms with Crippen LogP contribution in [0.25, 0.3) is 0 Å². The minimum atomic E-state index is -0.601. The van der Waals surface area contributed by atoms with Crippen LogP contribution in [-0.2, 0) is 9.47 Å². The Balaban J connectivity index is 0.000000921. The lowest BCUT2D eigenvalue weighted by Gasteiger charge is -2.41. The molecule has 3 fully saturated rings. The number of aliphatic hydroxyl groups is 1. The van der Waals surface area contributed by atoms with Crippen molar-refractivity contribution < 1.29 is 14.6 Å². The summed E-state index contributed by atoms with van der Waals surface area (Å²) in [6.45, 7) is 10.0. The third kappa shape index (κ3) is 8.37. The fourth-order valence-electron chi connectivity index (χ4n) is 5.42. The van der Waals surface area contributed by atoms with Crippen LogP contribution in [-0.4, -0.2) is 30.7 Å². The van der Waals surface area contributed by atoms with E-state index in [1.165, 1.54) is 64.2 Å². The Morgan fingerprint density at radius 1 is 0.964 bits per heavy atom. The number of rotatable bonds is 5. The van der Waals surface area contributed by atoms with Gasteiger partial charge in [-0.15, -0.1) is 23.3 Å². The first-order chi connectivity index (χ1) is 13.6. The highest BCUT2D eigenvalue weighted by Crippen LogP contribution is 2.44. The normalized spacial score (nSPS) is 33.1. The molecule has 6 unspecified atom stereocenters. The SMILES string of the molecule is CC.CC1CCC2CCCC(C(C)C(O)OCC3CCCCC3)C2CO1.SS. The lowest BCUT2D eigenvalue weighted by atomic mass is 9.66. The molecule has 2 saturated carbocycles. The molecule has 28 heavy (non-hydrogen) atoms. The molecule has 3 nitrogen and oxygen atoms in total. The third-order valence-electron chi connectivity index (χ3n) is 7.14. The van der Waals surface area contributed by atoms with Crippen molar-refractivity contribution in [3.8, 4) is 0 Å². The van der Waals surface area contributed by atoms with Crippen molar-refractivity contribution in [2.45, 2.75) is 104 Å². The summed E-state index contributed by atoms with van der Waals surface area (Å²) in [4.78, 5) is 0. The highest BCUT2D eigenvalue weighted by Gasteiger charge is 2.40. The zero-order valence-electron chi connectivity index (χ0n) is 18.7. The quantitative estimate of drug-likeness (QED) is 0.261. The van der Waals surface area contributed by atoms with E-state index in [1.807, 2.05) is 13.8 Å². The van der Waals surface area contributed by atoms with E-state index >= 15 is 0 Å². The molecule has 1 saturated heterocycles. The van der Waals surface area contributed by atoms with Crippen molar-refractivity contribution >= 4 is 23.3 Å². The van der Waals surface area contributed by atoms with Gasteiger partial charge < -0.3 is 14.6 Å². The fourth-order valence-corrected chi connectivity index (χ4v) is 5.42. The van der Waals surface area contributed by atoms with Gasteiger partial charge in [0.25, 0.3) is 0 Å². The highest BCUT2D eigenvalue weighted by molar-refractivity contribution is 8.59. The fraction of sp³-hybridized carbons (Fsp3) is 1.00. The predicted octanol–water partition coefficient (Wildman–Crippen LogP) is 6.56. The summed E-state index contributed by atoms with van der Waals surface area (Å²) in [5.74, 6) is 2.85. The molecule has 0 radical (unpaired) electrons. The van der Waals surface area contributed by atoms with Crippen LogP contribution in [0.1, 0.15) is 91.9 Å². The monoisotopic (exact) mass is 434 g/mol. The van der Waals surface area contributed by atoms with Crippen molar-refractivity contribution in [2.75, 3.05) is 13.2 Å². The molecular weight excluding hydrogens is 388 g/mol. The Labute approximate surface area is 184 Å². The number of aliphatic hydroxyl groups excluding tert-OH is 1. The van der Waals surface area contributed by atoms with Gasteiger partial charge in [0, 0.05) is 5.92 Å². The number of thiol groups is 2. The van der Waals surface area contributed by atoms with Gasteiger partial charge in [-0.2, -0.15) is 0 Å². The van der Waals surface area contributed by atoms with Crippen LogP contribution in [0.15, 0.2) is 0 Å². The molecule has 1 N–H and O–H groups in total. The Morgan fingerprint density at radius 3 is 2.32 bits per heavy atom. The summed E-state index contributed by atoms with van der Waals surface area (Å²) in [7, 11) is 0. The minimum Gasteiger partial charge on any atom is -0.378 e. The molecule has 2 aliphatic carbocycles. The van der Waals surface area contributed by atoms with Gasteiger partial charge in [-0.3, -0.25) is 0 Å². The molecule has 0 amide bonds. The first kappa shape index (κ1) is 26.6. The first-order valence-electron chi connectivity index (χ1n) is 11.8. The maximum Gasteiger partial charge on any atom is 0.157 e. The van der Waals surface area contributed by atoms with E-state index < -0.39 is 6.29 Å². The van der Waals surface area contributed by atoms with Crippen LogP contribution in [0.2, 0.25) is 0 Å². The largest absolute Gasteiger partial charge is 0.378 e. The first-order valence-corrected chi connectivity index (χ1v) is 13.4. The van der Waals surface area contributed by atoms with Gasteiger partial charge in [-0.1, -0.05) is 52.9 Å². The molecular formula is C23H46O3S2. The lowest BCUT2D eigenvalue weighted by molar-refractivity contribution is -0.164. The smallest absolute Gasteiger partial charge is 0.157 e. The molecule has 0 aromatic carbocycles. The average Bonchev–Trinajstić information content (AvgIpc) is 2.96. The standard InChI is InChI=1S/C21H38O3.C2H6.H2S2/c1-15-11-12-18-9-6-10-19(20(18)14-23-15)16(2)21(22)24-13-17-7-4-3-5-8-17;2*1-2/h15-22H,3-14H2,1-2H3;1-2H3;1-2H. The third-order valence-corrected chi connectivity index (χ3v) is 7.14. The number of ether oxygens (including phenoxy) is 2. The van der Waals surface area contributed by atoms with E-state index in [-0.39, 0.29) is 5.92 Å². The van der Waals surface area contributed by atoms with Gasteiger partial charge in [0.1, 0.15) is 0 Å². The molecule has 3 rings (SSSR count). The maximum absolute atomic E-state index is 10.7. The Hall–Kier alpha value is 0.580. The van der Waals surface area contributed by atoms with Crippen LogP contribution in [0.3, 0.4) is 0 Å². The second-order valence-electron chi connectivity index (χ2n) is 8.83.